The molecule has 0 radical (unpaired) electrons. The van der Waals surface area contributed by atoms with Gasteiger partial charge in [0, 0.05) is 10.6 Å². The molecule has 0 fully saturated rings. The van der Waals surface area contributed by atoms with Crippen molar-refractivity contribution in [2.24, 2.45) is 0 Å². The molecule has 0 aliphatic carbocycles. The van der Waals surface area contributed by atoms with Gasteiger partial charge in [-0.2, -0.15) is 0 Å². The first-order valence-electron chi connectivity index (χ1n) is 8.94. The Morgan fingerprint density at radius 1 is 0.923 bits per heavy atom. The highest BCUT2D eigenvalue weighted by molar-refractivity contribution is 7.68. The van der Waals surface area contributed by atoms with Crippen molar-refractivity contribution in [2.45, 2.75) is 32.6 Å². The van der Waals surface area contributed by atoms with Crippen molar-refractivity contribution in [3.05, 3.63) is 48.0 Å². The molecule has 2 rings (SSSR count). The zero-order valence-corrected chi connectivity index (χ0v) is 16.6. The Morgan fingerprint density at radius 2 is 1.58 bits per heavy atom. The number of aldehydes is 1. The standard InChI is InChI=1S/C21H27O4P/c1-4-5-6-10-13-25-26(17-11-8-7-9-12-17)18-14-20(23-2)19(16-22)21(15-18)24-3/h7-9,11-12,14-16H,4-6,10,13H2,1-3H3. The molecule has 0 bridgehead atoms. The number of unbranched alkanes of at least 4 members (excludes halogenated alkanes) is 3. The van der Waals surface area contributed by atoms with Gasteiger partial charge in [-0.1, -0.05) is 56.5 Å². The summed E-state index contributed by atoms with van der Waals surface area (Å²) >= 11 is 0. The molecular weight excluding hydrogens is 347 g/mol. The maximum Gasteiger partial charge on any atom is 0.157 e. The van der Waals surface area contributed by atoms with Crippen molar-refractivity contribution in [2.75, 3.05) is 20.8 Å². The SMILES string of the molecule is CCCCCCOP(c1ccccc1)c1cc(OC)c(C=O)c(OC)c1. The Balaban J connectivity index is 2.33. The van der Waals surface area contributed by atoms with E-state index < -0.39 is 8.15 Å². The molecule has 0 aliphatic heterocycles. The third kappa shape index (κ3) is 5.30. The van der Waals surface area contributed by atoms with Crippen LogP contribution in [0.4, 0.5) is 0 Å². The van der Waals surface area contributed by atoms with Crippen molar-refractivity contribution >= 4 is 25.0 Å². The highest BCUT2D eigenvalue weighted by Crippen LogP contribution is 2.39. The largest absolute Gasteiger partial charge is 0.496 e. The number of benzene rings is 2. The van der Waals surface area contributed by atoms with Gasteiger partial charge in [0.05, 0.1) is 34.5 Å². The first-order valence-corrected chi connectivity index (χ1v) is 10.2. The van der Waals surface area contributed by atoms with Gasteiger partial charge in [-0.05, 0) is 18.6 Å². The van der Waals surface area contributed by atoms with E-state index in [1.165, 1.54) is 19.3 Å². The summed E-state index contributed by atoms with van der Waals surface area (Å²) in [7, 11) is 2.11. The molecule has 4 nitrogen and oxygen atoms in total. The monoisotopic (exact) mass is 374 g/mol. The molecule has 0 aliphatic rings. The molecule has 0 amide bonds. The van der Waals surface area contributed by atoms with Gasteiger partial charge in [-0.25, -0.2) is 0 Å². The lowest BCUT2D eigenvalue weighted by molar-refractivity contribution is 0.111. The highest BCUT2D eigenvalue weighted by Gasteiger charge is 2.20. The number of carbonyl (C=O) groups is 1. The molecule has 0 aromatic heterocycles. The second-order valence-corrected chi connectivity index (χ2v) is 7.79. The van der Waals surface area contributed by atoms with E-state index in [1.54, 1.807) is 14.2 Å². The van der Waals surface area contributed by atoms with Crippen LogP contribution in [-0.4, -0.2) is 27.1 Å². The van der Waals surface area contributed by atoms with Crippen LogP contribution in [0.1, 0.15) is 43.0 Å². The second-order valence-electron chi connectivity index (χ2n) is 5.91. The lowest BCUT2D eigenvalue weighted by Gasteiger charge is -2.21. The van der Waals surface area contributed by atoms with Gasteiger partial charge in [-0.15, -0.1) is 0 Å². The Hall–Kier alpha value is -1.90. The Morgan fingerprint density at radius 3 is 2.12 bits per heavy atom. The van der Waals surface area contributed by atoms with Crippen LogP contribution in [-0.2, 0) is 4.52 Å². The van der Waals surface area contributed by atoms with Crippen molar-refractivity contribution in [3.8, 4) is 11.5 Å². The quantitative estimate of drug-likeness (QED) is 0.331. The van der Waals surface area contributed by atoms with E-state index in [9.17, 15) is 4.79 Å². The van der Waals surface area contributed by atoms with E-state index >= 15 is 0 Å². The minimum absolute atomic E-state index is 0.421. The molecule has 26 heavy (non-hydrogen) atoms. The Kier molecular flexibility index (Phi) is 8.60. The summed E-state index contributed by atoms with van der Waals surface area (Å²) in [6.45, 7) is 2.91. The van der Waals surface area contributed by atoms with E-state index in [1.807, 2.05) is 30.3 Å². The lowest BCUT2D eigenvalue weighted by Crippen LogP contribution is -2.16. The third-order valence-corrected chi connectivity index (χ3v) is 6.03. The van der Waals surface area contributed by atoms with Crippen molar-refractivity contribution in [1.82, 2.24) is 0 Å². The van der Waals surface area contributed by atoms with Crippen LogP contribution in [0.5, 0.6) is 11.5 Å². The van der Waals surface area contributed by atoms with Gasteiger partial charge in [0.25, 0.3) is 0 Å². The summed E-state index contributed by atoms with van der Waals surface area (Å²) in [5, 5.41) is 2.10. The number of carbonyl (C=O) groups excluding carboxylic acids is 1. The fourth-order valence-electron chi connectivity index (χ4n) is 2.70. The zero-order valence-electron chi connectivity index (χ0n) is 15.7. The van der Waals surface area contributed by atoms with Crippen molar-refractivity contribution in [3.63, 3.8) is 0 Å². The summed E-state index contributed by atoms with van der Waals surface area (Å²) in [4.78, 5) is 11.4. The molecular formula is C21H27O4P. The molecule has 140 valence electrons. The van der Waals surface area contributed by atoms with Gasteiger partial charge in [0.15, 0.2) is 6.29 Å². The van der Waals surface area contributed by atoms with Crippen molar-refractivity contribution in [1.29, 1.82) is 0 Å². The van der Waals surface area contributed by atoms with Crippen LogP contribution in [0.15, 0.2) is 42.5 Å². The van der Waals surface area contributed by atoms with Crippen LogP contribution in [0.2, 0.25) is 0 Å². The van der Waals surface area contributed by atoms with Crippen LogP contribution < -0.4 is 20.1 Å². The number of rotatable bonds is 11. The summed E-state index contributed by atoms with van der Waals surface area (Å²) in [5.74, 6) is 1.01. The summed E-state index contributed by atoms with van der Waals surface area (Å²) in [5.41, 5.74) is 0.421. The van der Waals surface area contributed by atoms with E-state index in [0.29, 0.717) is 23.7 Å². The average Bonchev–Trinajstić information content (AvgIpc) is 2.70. The first kappa shape index (κ1) is 20.4. The van der Waals surface area contributed by atoms with Gasteiger partial charge in [0.2, 0.25) is 0 Å². The topological polar surface area (TPSA) is 44.8 Å². The smallest absolute Gasteiger partial charge is 0.157 e. The maximum absolute atomic E-state index is 11.4. The zero-order chi connectivity index (χ0) is 18.8. The molecule has 0 spiro atoms. The fourth-order valence-corrected chi connectivity index (χ4v) is 4.52. The maximum atomic E-state index is 11.4. The van der Waals surface area contributed by atoms with Crippen LogP contribution >= 0.6 is 8.15 Å². The lowest BCUT2D eigenvalue weighted by atomic mass is 10.2. The average molecular weight is 374 g/mol. The van der Waals surface area contributed by atoms with Gasteiger partial charge in [-0.3, -0.25) is 4.79 Å². The number of ether oxygens (including phenoxy) is 2. The number of hydrogen-bond donors (Lipinski definition) is 0. The first-order chi connectivity index (χ1) is 12.7. The Labute approximate surface area is 157 Å². The summed E-state index contributed by atoms with van der Waals surface area (Å²) in [6.07, 6.45) is 5.40. The predicted octanol–water partition coefficient (Wildman–Crippen LogP) is 4.46. The minimum Gasteiger partial charge on any atom is -0.496 e. The van der Waals surface area contributed by atoms with Gasteiger partial charge in [0.1, 0.15) is 11.5 Å². The van der Waals surface area contributed by atoms with E-state index in [2.05, 4.69) is 19.1 Å². The molecule has 0 saturated heterocycles. The normalized spacial score (nSPS) is 11.8. The Bertz CT molecular complexity index is 663. The molecule has 0 saturated carbocycles. The van der Waals surface area contributed by atoms with Crippen LogP contribution in [0.25, 0.3) is 0 Å². The molecule has 1 unspecified atom stereocenters. The fraction of sp³-hybridized carbons (Fsp3) is 0.381. The molecule has 5 heteroatoms. The second kappa shape index (κ2) is 10.9. The third-order valence-electron chi connectivity index (χ3n) is 4.09. The molecule has 2 aromatic rings. The van der Waals surface area contributed by atoms with E-state index in [0.717, 1.165) is 23.3 Å². The van der Waals surface area contributed by atoms with Crippen LogP contribution in [0, 0.1) is 0 Å². The number of methoxy groups -OCH3 is 2. The highest BCUT2D eigenvalue weighted by atomic mass is 31.1. The molecule has 2 aromatic carbocycles. The van der Waals surface area contributed by atoms with E-state index in [-0.39, 0.29) is 0 Å². The summed E-state index contributed by atoms with van der Waals surface area (Å²) < 4.78 is 17.1. The predicted molar refractivity (Wildman–Crippen MR) is 108 cm³/mol. The van der Waals surface area contributed by atoms with E-state index in [4.69, 9.17) is 14.0 Å². The van der Waals surface area contributed by atoms with Crippen LogP contribution in [0.3, 0.4) is 0 Å². The van der Waals surface area contributed by atoms with Gasteiger partial charge < -0.3 is 14.0 Å². The van der Waals surface area contributed by atoms with Crippen molar-refractivity contribution < 1.29 is 18.8 Å². The number of hydrogen-bond acceptors (Lipinski definition) is 4. The molecule has 0 N–H and O–H groups in total. The minimum atomic E-state index is -1.01. The van der Waals surface area contributed by atoms with Gasteiger partial charge >= 0.3 is 0 Å². The summed E-state index contributed by atoms with van der Waals surface area (Å²) in [6, 6.07) is 13.9. The molecule has 0 heterocycles. The molecule has 1 atom stereocenters.